The minimum atomic E-state index is -0.267. The van der Waals surface area contributed by atoms with E-state index in [0.29, 0.717) is 25.3 Å². The van der Waals surface area contributed by atoms with Crippen molar-refractivity contribution in [2.75, 3.05) is 32.8 Å². The van der Waals surface area contributed by atoms with E-state index in [9.17, 15) is 9.18 Å². The Hall–Kier alpha value is -3.03. The third-order valence-electron chi connectivity index (χ3n) is 5.18. The van der Waals surface area contributed by atoms with Gasteiger partial charge in [-0.3, -0.25) is 14.8 Å². The molecule has 1 aliphatic rings. The summed E-state index contributed by atoms with van der Waals surface area (Å²) in [7, 11) is 0. The normalized spacial score (nSPS) is 15.8. The summed E-state index contributed by atoms with van der Waals surface area (Å²) in [6.45, 7) is 3.30. The fourth-order valence-corrected chi connectivity index (χ4v) is 3.55. The molecule has 0 bridgehead atoms. The first-order valence-corrected chi connectivity index (χ1v) is 9.65. The Labute approximate surface area is 168 Å². The average molecular weight is 394 g/mol. The third kappa shape index (κ3) is 4.70. The van der Waals surface area contributed by atoms with Crippen molar-refractivity contribution in [1.29, 1.82) is 0 Å². The molecule has 0 saturated carbocycles. The van der Waals surface area contributed by atoms with Crippen LogP contribution in [0.4, 0.5) is 4.39 Å². The minimum Gasteiger partial charge on any atom is -0.379 e. The van der Waals surface area contributed by atoms with Crippen molar-refractivity contribution in [3.8, 4) is 11.1 Å². The Morgan fingerprint density at radius 1 is 1.10 bits per heavy atom. The Morgan fingerprint density at radius 2 is 1.83 bits per heavy atom. The smallest absolute Gasteiger partial charge is 0.251 e. The maximum Gasteiger partial charge on any atom is 0.251 e. The largest absolute Gasteiger partial charge is 0.379 e. The van der Waals surface area contributed by atoms with E-state index < -0.39 is 0 Å². The van der Waals surface area contributed by atoms with Crippen LogP contribution in [0.5, 0.6) is 0 Å². The Kier molecular flexibility index (Phi) is 5.97. The highest BCUT2D eigenvalue weighted by atomic mass is 19.1. The highest BCUT2D eigenvalue weighted by Gasteiger charge is 2.23. The molecule has 2 aromatic carbocycles. The number of aromatic nitrogens is 2. The van der Waals surface area contributed by atoms with Crippen LogP contribution in [0.25, 0.3) is 11.1 Å². The van der Waals surface area contributed by atoms with Gasteiger partial charge in [0.2, 0.25) is 0 Å². The number of ether oxygens (including phenoxy) is 1. The molecule has 2 heterocycles. The molecule has 29 heavy (non-hydrogen) atoms. The molecule has 2 N–H and O–H groups in total. The van der Waals surface area contributed by atoms with E-state index >= 15 is 0 Å². The summed E-state index contributed by atoms with van der Waals surface area (Å²) in [5, 5.41) is 9.75. The minimum absolute atomic E-state index is 0.0337. The van der Waals surface area contributed by atoms with Crippen molar-refractivity contribution in [2.45, 2.75) is 6.04 Å². The van der Waals surface area contributed by atoms with Gasteiger partial charge >= 0.3 is 0 Å². The summed E-state index contributed by atoms with van der Waals surface area (Å²) in [5.41, 5.74) is 3.54. The summed E-state index contributed by atoms with van der Waals surface area (Å²) < 4.78 is 18.8. The van der Waals surface area contributed by atoms with E-state index in [1.165, 1.54) is 12.1 Å². The maximum atomic E-state index is 13.4. The molecule has 1 aromatic heterocycles. The number of amides is 1. The number of halogens is 1. The average Bonchev–Trinajstić information content (AvgIpc) is 3.31. The van der Waals surface area contributed by atoms with Gasteiger partial charge in [0.1, 0.15) is 5.82 Å². The van der Waals surface area contributed by atoms with Gasteiger partial charge in [-0.1, -0.05) is 24.3 Å². The van der Waals surface area contributed by atoms with Crippen LogP contribution in [0, 0.1) is 5.82 Å². The van der Waals surface area contributed by atoms with Crippen molar-refractivity contribution in [3.05, 3.63) is 77.9 Å². The van der Waals surface area contributed by atoms with Gasteiger partial charge in [0.15, 0.2) is 0 Å². The van der Waals surface area contributed by atoms with Gasteiger partial charge in [-0.05, 0) is 35.4 Å². The van der Waals surface area contributed by atoms with Crippen LogP contribution >= 0.6 is 0 Å². The highest BCUT2D eigenvalue weighted by Crippen LogP contribution is 2.22. The Morgan fingerprint density at radius 3 is 2.48 bits per heavy atom. The molecule has 1 fully saturated rings. The summed E-state index contributed by atoms with van der Waals surface area (Å²) in [4.78, 5) is 14.9. The number of nitrogens with zero attached hydrogens (tertiary/aromatic N) is 2. The van der Waals surface area contributed by atoms with Crippen molar-refractivity contribution >= 4 is 5.91 Å². The van der Waals surface area contributed by atoms with E-state index in [4.69, 9.17) is 4.74 Å². The predicted octanol–water partition coefficient (Wildman–Crippen LogP) is 3.02. The lowest BCUT2D eigenvalue weighted by Gasteiger charge is -2.35. The van der Waals surface area contributed by atoms with Gasteiger partial charge in [-0.15, -0.1) is 0 Å². The van der Waals surface area contributed by atoms with Crippen LogP contribution in [0.15, 0.2) is 60.9 Å². The lowest BCUT2D eigenvalue weighted by molar-refractivity contribution is 0.0162. The Balaban J connectivity index is 1.44. The molecular weight excluding hydrogens is 371 g/mol. The molecule has 0 radical (unpaired) electrons. The summed E-state index contributed by atoms with van der Waals surface area (Å²) >= 11 is 0. The van der Waals surface area contributed by atoms with Crippen molar-refractivity contribution in [3.63, 3.8) is 0 Å². The summed E-state index contributed by atoms with van der Waals surface area (Å²) in [6.07, 6.45) is 3.55. The van der Waals surface area contributed by atoms with Crippen molar-refractivity contribution in [2.24, 2.45) is 0 Å². The quantitative estimate of drug-likeness (QED) is 0.674. The molecule has 0 aliphatic carbocycles. The lowest BCUT2D eigenvalue weighted by atomic mass is 10.0. The van der Waals surface area contributed by atoms with Crippen LogP contribution < -0.4 is 5.32 Å². The van der Waals surface area contributed by atoms with E-state index in [1.54, 1.807) is 30.5 Å². The number of nitrogens with one attached hydrogen (secondary N) is 2. The molecule has 6 nitrogen and oxygen atoms in total. The number of benzene rings is 2. The van der Waals surface area contributed by atoms with Gasteiger partial charge in [0.05, 0.1) is 25.5 Å². The fourth-order valence-electron chi connectivity index (χ4n) is 3.55. The van der Waals surface area contributed by atoms with E-state index in [2.05, 4.69) is 20.4 Å². The molecule has 7 heteroatoms. The zero-order valence-electron chi connectivity index (χ0n) is 16.0. The first-order chi connectivity index (χ1) is 14.2. The topological polar surface area (TPSA) is 70.2 Å². The highest BCUT2D eigenvalue weighted by molar-refractivity contribution is 5.94. The van der Waals surface area contributed by atoms with Gasteiger partial charge in [0.25, 0.3) is 5.91 Å². The standard InChI is InChI=1S/C22H23FN4O2/c23-20-7-5-17(6-8-20)21(27-9-11-29-12-10-27)15-24-22(28)18-3-1-16(2-4-18)19-13-25-26-14-19/h1-8,13-14,21H,9-12,15H2,(H,24,28)(H,25,26). The molecule has 1 saturated heterocycles. The van der Waals surface area contributed by atoms with Crippen LogP contribution in [0.2, 0.25) is 0 Å². The number of hydrogen-bond donors (Lipinski definition) is 2. The van der Waals surface area contributed by atoms with Gasteiger partial charge in [-0.2, -0.15) is 5.10 Å². The molecule has 1 aliphatic heterocycles. The number of carbonyl (C=O) groups is 1. The molecule has 3 aromatic rings. The molecule has 1 unspecified atom stereocenters. The fraction of sp³-hybridized carbons (Fsp3) is 0.273. The maximum absolute atomic E-state index is 13.4. The van der Waals surface area contributed by atoms with Crippen LogP contribution in [-0.4, -0.2) is 53.9 Å². The van der Waals surface area contributed by atoms with Crippen molar-refractivity contribution in [1.82, 2.24) is 20.4 Å². The summed E-state index contributed by atoms with van der Waals surface area (Å²) in [6, 6.07) is 13.9. The molecular formula is C22H23FN4O2. The number of morpholine rings is 1. The van der Waals surface area contributed by atoms with E-state index in [1.807, 2.05) is 18.3 Å². The van der Waals surface area contributed by atoms with Crippen LogP contribution in [-0.2, 0) is 4.74 Å². The van der Waals surface area contributed by atoms with E-state index in [0.717, 1.165) is 29.8 Å². The summed E-state index contributed by atoms with van der Waals surface area (Å²) in [5.74, 6) is -0.402. The molecule has 1 amide bonds. The third-order valence-corrected chi connectivity index (χ3v) is 5.18. The van der Waals surface area contributed by atoms with E-state index in [-0.39, 0.29) is 17.8 Å². The van der Waals surface area contributed by atoms with Crippen LogP contribution in [0.3, 0.4) is 0 Å². The second-order valence-electron chi connectivity index (χ2n) is 6.99. The molecule has 1 atom stereocenters. The molecule has 0 spiro atoms. The van der Waals surface area contributed by atoms with Gasteiger partial charge < -0.3 is 10.1 Å². The van der Waals surface area contributed by atoms with Crippen LogP contribution in [0.1, 0.15) is 22.0 Å². The second kappa shape index (κ2) is 8.98. The van der Waals surface area contributed by atoms with Gasteiger partial charge in [0, 0.05) is 37.0 Å². The first kappa shape index (κ1) is 19.3. The number of carbonyl (C=O) groups excluding carboxylic acids is 1. The van der Waals surface area contributed by atoms with Gasteiger partial charge in [-0.25, -0.2) is 4.39 Å². The number of hydrogen-bond acceptors (Lipinski definition) is 4. The lowest BCUT2D eigenvalue weighted by Crippen LogP contribution is -2.43. The zero-order chi connectivity index (χ0) is 20.1. The zero-order valence-corrected chi connectivity index (χ0v) is 16.0. The SMILES string of the molecule is O=C(NCC(c1ccc(F)cc1)N1CCOCC1)c1ccc(-c2cn[nH]c2)cc1. The predicted molar refractivity (Wildman–Crippen MR) is 108 cm³/mol. The second-order valence-corrected chi connectivity index (χ2v) is 6.99. The number of aromatic amines is 1. The van der Waals surface area contributed by atoms with Crippen molar-refractivity contribution < 1.29 is 13.9 Å². The molecule has 4 rings (SSSR count). The molecule has 150 valence electrons. The number of rotatable bonds is 6. The monoisotopic (exact) mass is 394 g/mol. The first-order valence-electron chi connectivity index (χ1n) is 9.65. The number of H-pyrrole nitrogens is 1. The Bertz CT molecular complexity index is 920.